The van der Waals surface area contributed by atoms with Crippen molar-refractivity contribution in [3.63, 3.8) is 0 Å². The Bertz CT molecular complexity index is 316. The Labute approximate surface area is 78.2 Å². The van der Waals surface area contributed by atoms with E-state index in [1.807, 2.05) is 6.92 Å². The second-order valence-electron chi connectivity index (χ2n) is 2.32. The van der Waals surface area contributed by atoms with Gasteiger partial charge in [-0.25, -0.2) is 0 Å². The number of hydrogen-bond acceptors (Lipinski definition) is 2. The van der Waals surface area contributed by atoms with Crippen LogP contribution in [0.5, 0.6) is 0 Å². The molecule has 0 saturated carbocycles. The second-order valence-corrected chi connectivity index (χ2v) is 3.40. The largest absolute Gasteiger partial charge is 0.755 e. The number of nitrogens with one attached hydrogen (secondary N) is 1. The van der Waals surface area contributed by atoms with Crippen LogP contribution in [0, 0.1) is 6.92 Å². The zero-order valence-electron chi connectivity index (χ0n) is 6.33. The van der Waals surface area contributed by atoms with Crippen LogP contribution in [-0.4, -0.2) is 8.76 Å². The van der Waals surface area contributed by atoms with Crippen LogP contribution in [0.15, 0.2) is 18.2 Å². The van der Waals surface area contributed by atoms with Gasteiger partial charge in [-0.2, -0.15) is 0 Å². The molecule has 5 heteroatoms. The van der Waals surface area contributed by atoms with Crippen LogP contribution in [0.25, 0.3) is 0 Å². The molecule has 0 aliphatic heterocycles. The Morgan fingerprint density at radius 1 is 1.58 bits per heavy atom. The monoisotopic (exact) mass is 204 g/mol. The van der Waals surface area contributed by atoms with Gasteiger partial charge < -0.3 is 9.27 Å². The molecule has 12 heavy (non-hydrogen) atoms. The molecule has 3 nitrogen and oxygen atoms in total. The molecule has 1 unspecified atom stereocenters. The fraction of sp³-hybridized carbons (Fsp3) is 0.143. The van der Waals surface area contributed by atoms with Crippen LogP contribution in [0.3, 0.4) is 0 Å². The molecule has 0 heterocycles. The van der Waals surface area contributed by atoms with E-state index < -0.39 is 11.3 Å². The lowest BCUT2D eigenvalue weighted by atomic mass is 10.2. The number of benzene rings is 1. The Hall–Kier alpha value is -0.580. The van der Waals surface area contributed by atoms with Gasteiger partial charge in [-0.3, -0.25) is 4.21 Å². The topological polar surface area (TPSA) is 52.2 Å². The fourth-order valence-electron chi connectivity index (χ4n) is 0.807. The molecule has 1 atom stereocenters. The van der Waals surface area contributed by atoms with E-state index >= 15 is 0 Å². The molecule has 0 aliphatic carbocycles. The van der Waals surface area contributed by atoms with Gasteiger partial charge in [0.2, 0.25) is 0 Å². The van der Waals surface area contributed by atoms with Crippen molar-refractivity contribution in [3.05, 3.63) is 28.8 Å². The smallest absolute Gasteiger partial charge is 0.0646 e. The summed E-state index contributed by atoms with van der Waals surface area (Å²) in [6.45, 7) is 1.86. The molecule has 0 bridgehead atoms. The summed E-state index contributed by atoms with van der Waals surface area (Å²) in [5.41, 5.74) is 1.36. The molecule has 0 amide bonds. The van der Waals surface area contributed by atoms with E-state index in [0.29, 0.717) is 10.7 Å². The summed E-state index contributed by atoms with van der Waals surface area (Å²) < 4.78 is 22.7. The van der Waals surface area contributed by atoms with Gasteiger partial charge in [0.05, 0.1) is 10.7 Å². The Balaban J connectivity index is 2.97. The summed E-state index contributed by atoms with van der Waals surface area (Å²) in [5, 5.41) is 0.393. The van der Waals surface area contributed by atoms with E-state index in [9.17, 15) is 8.76 Å². The van der Waals surface area contributed by atoms with E-state index in [1.165, 1.54) is 0 Å². The third-order valence-electron chi connectivity index (χ3n) is 1.32. The van der Waals surface area contributed by atoms with Crippen LogP contribution in [0.1, 0.15) is 5.56 Å². The van der Waals surface area contributed by atoms with Crippen molar-refractivity contribution in [1.82, 2.24) is 0 Å². The van der Waals surface area contributed by atoms with Gasteiger partial charge in [-0.1, -0.05) is 17.7 Å². The molecular weight excluding hydrogens is 198 g/mol. The van der Waals surface area contributed by atoms with Crippen molar-refractivity contribution in [3.8, 4) is 0 Å². The highest BCUT2D eigenvalue weighted by atomic mass is 35.5. The van der Waals surface area contributed by atoms with Crippen LogP contribution in [0.2, 0.25) is 5.02 Å². The highest BCUT2D eigenvalue weighted by Gasteiger charge is 1.98. The Morgan fingerprint density at radius 3 is 2.83 bits per heavy atom. The standard InChI is InChI=1S/C7H8ClNO2S/c1-5-2-3-6(8)7(4-5)9-12(10)11/h2-4,9H,1H3,(H,10,11)/p-1. The summed E-state index contributed by atoms with van der Waals surface area (Å²) in [6.07, 6.45) is 0. The van der Waals surface area contributed by atoms with Crippen molar-refractivity contribution in [2.24, 2.45) is 0 Å². The molecule has 1 aromatic rings. The minimum atomic E-state index is -2.32. The molecule has 1 rings (SSSR count). The minimum absolute atomic E-state index is 0.393. The van der Waals surface area contributed by atoms with E-state index in [0.717, 1.165) is 5.56 Å². The van der Waals surface area contributed by atoms with Crippen molar-refractivity contribution >= 4 is 28.6 Å². The molecule has 0 saturated heterocycles. The van der Waals surface area contributed by atoms with Gasteiger partial charge in [0.1, 0.15) is 0 Å². The minimum Gasteiger partial charge on any atom is -0.755 e. The molecule has 66 valence electrons. The zero-order valence-corrected chi connectivity index (χ0v) is 7.91. The molecule has 0 radical (unpaired) electrons. The number of aryl methyl sites for hydroxylation is 1. The Kier molecular flexibility index (Phi) is 3.08. The number of anilines is 1. The fourth-order valence-corrected chi connectivity index (χ4v) is 1.38. The maximum absolute atomic E-state index is 10.3. The molecule has 1 aromatic carbocycles. The number of rotatable bonds is 2. The van der Waals surface area contributed by atoms with Crippen LogP contribution < -0.4 is 4.72 Å². The van der Waals surface area contributed by atoms with Crippen LogP contribution in [0.4, 0.5) is 5.69 Å². The maximum Gasteiger partial charge on any atom is 0.0646 e. The third-order valence-corrected chi connectivity index (χ3v) is 2.03. The van der Waals surface area contributed by atoms with Crippen LogP contribution >= 0.6 is 11.6 Å². The predicted molar refractivity (Wildman–Crippen MR) is 48.7 cm³/mol. The van der Waals surface area contributed by atoms with E-state index in [2.05, 4.69) is 4.72 Å². The van der Waals surface area contributed by atoms with Gasteiger partial charge in [0.15, 0.2) is 0 Å². The average Bonchev–Trinajstić information content (AvgIpc) is 1.96. The van der Waals surface area contributed by atoms with Gasteiger partial charge in [0.25, 0.3) is 0 Å². The van der Waals surface area contributed by atoms with Gasteiger partial charge in [-0.15, -0.1) is 0 Å². The quantitative estimate of drug-likeness (QED) is 0.748. The molecule has 0 aromatic heterocycles. The van der Waals surface area contributed by atoms with Gasteiger partial charge in [-0.05, 0) is 24.6 Å². The summed E-state index contributed by atoms with van der Waals surface area (Å²) in [5.74, 6) is 0. The molecular formula is C7H7ClNO2S-. The maximum atomic E-state index is 10.3. The molecule has 0 aliphatic rings. The van der Waals surface area contributed by atoms with Crippen molar-refractivity contribution in [2.75, 3.05) is 4.72 Å². The van der Waals surface area contributed by atoms with Crippen molar-refractivity contribution in [1.29, 1.82) is 0 Å². The first-order valence-electron chi connectivity index (χ1n) is 3.21. The van der Waals surface area contributed by atoms with Crippen molar-refractivity contribution < 1.29 is 8.76 Å². The first kappa shape index (κ1) is 9.51. The SMILES string of the molecule is Cc1ccc(Cl)c(NS(=O)[O-])c1. The first-order valence-corrected chi connectivity index (χ1v) is 4.67. The van der Waals surface area contributed by atoms with E-state index in [-0.39, 0.29) is 0 Å². The first-order chi connectivity index (χ1) is 5.59. The average molecular weight is 205 g/mol. The van der Waals surface area contributed by atoms with Crippen LogP contribution in [-0.2, 0) is 11.3 Å². The number of halogens is 1. The molecule has 0 fully saturated rings. The van der Waals surface area contributed by atoms with Gasteiger partial charge in [0, 0.05) is 11.3 Å². The lowest BCUT2D eigenvalue weighted by Gasteiger charge is -2.10. The summed E-state index contributed by atoms with van der Waals surface area (Å²) >= 11 is 3.38. The van der Waals surface area contributed by atoms with Gasteiger partial charge >= 0.3 is 0 Å². The molecule has 1 N–H and O–H groups in total. The van der Waals surface area contributed by atoms with Crippen molar-refractivity contribution in [2.45, 2.75) is 6.92 Å². The van der Waals surface area contributed by atoms with E-state index in [1.54, 1.807) is 18.2 Å². The zero-order chi connectivity index (χ0) is 9.14. The second kappa shape index (κ2) is 3.89. The highest BCUT2D eigenvalue weighted by molar-refractivity contribution is 7.80. The highest BCUT2D eigenvalue weighted by Crippen LogP contribution is 2.22. The summed E-state index contributed by atoms with van der Waals surface area (Å²) in [4.78, 5) is 0. The predicted octanol–water partition coefficient (Wildman–Crippen LogP) is 1.85. The Morgan fingerprint density at radius 2 is 2.25 bits per heavy atom. The summed E-state index contributed by atoms with van der Waals surface area (Å²) in [7, 11) is 0. The molecule has 0 spiro atoms. The normalized spacial score (nSPS) is 12.6. The third kappa shape index (κ3) is 2.48. The lowest BCUT2D eigenvalue weighted by Crippen LogP contribution is -2.02. The van der Waals surface area contributed by atoms with E-state index in [4.69, 9.17) is 11.6 Å². The number of hydrogen-bond donors (Lipinski definition) is 1. The summed E-state index contributed by atoms with van der Waals surface area (Å²) in [6, 6.07) is 5.12. The lowest BCUT2D eigenvalue weighted by molar-refractivity contribution is 0.542.